The number of benzene rings is 2. The molecule has 0 saturated carbocycles. The Bertz CT molecular complexity index is 1270. The Balaban J connectivity index is 1.46. The Hall–Kier alpha value is -3.84. The van der Waals surface area contributed by atoms with Gasteiger partial charge in [-0.25, -0.2) is 14.2 Å². The van der Waals surface area contributed by atoms with Crippen molar-refractivity contribution in [2.75, 3.05) is 0 Å². The first-order valence-corrected chi connectivity index (χ1v) is 11.7. The average molecular weight is 473 g/mol. The lowest BCUT2D eigenvalue weighted by molar-refractivity contribution is 0.0696. The highest BCUT2D eigenvalue weighted by Gasteiger charge is 2.12. The third-order valence-corrected chi connectivity index (χ3v) is 5.86. The summed E-state index contributed by atoms with van der Waals surface area (Å²) in [5.74, 6) is -0.349. The minimum atomic E-state index is -0.966. The molecule has 0 unspecified atom stereocenters. The predicted octanol–water partition coefficient (Wildman–Crippen LogP) is 4.94. The molecule has 2 aromatic heterocycles. The lowest BCUT2D eigenvalue weighted by Gasteiger charge is -2.13. The van der Waals surface area contributed by atoms with E-state index in [1.54, 1.807) is 31.2 Å². The molecule has 0 fully saturated rings. The van der Waals surface area contributed by atoms with Gasteiger partial charge in [-0.05, 0) is 61.6 Å². The number of carbonyl (C=O) groups is 1. The maximum atomic E-state index is 13.4. The summed E-state index contributed by atoms with van der Waals surface area (Å²) in [6.45, 7) is 3.31. The molecule has 0 bridgehead atoms. The number of nitrogens with one attached hydrogen (secondary N) is 1. The summed E-state index contributed by atoms with van der Waals surface area (Å²) in [6.07, 6.45) is 4.78. The molecule has 0 spiro atoms. The van der Waals surface area contributed by atoms with Crippen LogP contribution in [0.15, 0.2) is 72.9 Å². The zero-order valence-corrected chi connectivity index (χ0v) is 19.7. The van der Waals surface area contributed by atoms with Gasteiger partial charge >= 0.3 is 5.97 Å². The van der Waals surface area contributed by atoms with Gasteiger partial charge in [0.25, 0.3) is 0 Å². The molecule has 0 aliphatic carbocycles. The predicted molar refractivity (Wildman–Crippen MR) is 133 cm³/mol. The quantitative estimate of drug-likeness (QED) is 0.323. The number of aryl methyl sites for hydroxylation is 3. The van der Waals surface area contributed by atoms with Crippen LogP contribution in [0.3, 0.4) is 0 Å². The van der Waals surface area contributed by atoms with Gasteiger partial charge in [0, 0.05) is 30.7 Å². The lowest BCUT2D eigenvalue weighted by Crippen LogP contribution is -2.19. The van der Waals surface area contributed by atoms with Crippen LogP contribution < -0.4 is 5.32 Å². The standard InChI is InChI=1S/C28H29FN4O2/c1-20-14-23(28(34)35)15-25(32-20)16-30-18-27-31-17-26(9-5-8-21-6-3-2-4-7-21)33(27)19-22-10-12-24(29)13-11-22/h2-4,6-7,10-15,17,30H,5,8-9,16,18-19H2,1H3,(H,34,35). The largest absolute Gasteiger partial charge is 0.478 e. The number of hydrogen-bond donors (Lipinski definition) is 2. The van der Waals surface area contributed by atoms with Crippen molar-refractivity contribution in [3.05, 3.63) is 118 Å². The third-order valence-electron chi connectivity index (χ3n) is 5.86. The molecule has 0 amide bonds. The monoisotopic (exact) mass is 472 g/mol. The van der Waals surface area contributed by atoms with Crippen LogP contribution in [0.4, 0.5) is 4.39 Å². The third kappa shape index (κ3) is 6.83. The van der Waals surface area contributed by atoms with Crippen molar-refractivity contribution in [2.45, 2.75) is 45.8 Å². The van der Waals surface area contributed by atoms with Gasteiger partial charge in [0.15, 0.2) is 0 Å². The highest BCUT2D eigenvalue weighted by molar-refractivity contribution is 5.87. The molecule has 180 valence electrons. The second-order valence-corrected chi connectivity index (χ2v) is 8.61. The van der Waals surface area contributed by atoms with E-state index in [0.717, 1.165) is 36.3 Å². The van der Waals surface area contributed by atoms with E-state index in [1.165, 1.54) is 17.7 Å². The van der Waals surface area contributed by atoms with Crippen LogP contribution in [0.1, 0.15) is 50.8 Å². The molecule has 35 heavy (non-hydrogen) atoms. The summed E-state index contributed by atoms with van der Waals surface area (Å²) >= 11 is 0. The van der Waals surface area contributed by atoms with Crippen LogP contribution in [0.25, 0.3) is 0 Å². The van der Waals surface area contributed by atoms with Crippen molar-refractivity contribution in [3.8, 4) is 0 Å². The van der Waals surface area contributed by atoms with Crippen molar-refractivity contribution >= 4 is 5.97 Å². The number of hydrogen-bond acceptors (Lipinski definition) is 4. The van der Waals surface area contributed by atoms with E-state index < -0.39 is 5.97 Å². The van der Waals surface area contributed by atoms with Gasteiger partial charge in [-0.15, -0.1) is 0 Å². The summed E-state index contributed by atoms with van der Waals surface area (Å²) in [5.41, 5.74) is 5.01. The van der Waals surface area contributed by atoms with E-state index in [0.29, 0.717) is 31.0 Å². The number of aromatic nitrogens is 3. The number of pyridine rings is 1. The average Bonchev–Trinajstić information content (AvgIpc) is 3.22. The first-order valence-electron chi connectivity index (χ1n) is 11.7. The summed E-state index contributed by atoms with van der Waals surface area (Å²) < 4.78 is 15.6. The summed E-state index contributed by atoms with van der Waals surface area (Å²) in [7, 11) is 0. The number of carboxylic acid groups (broad SMARTS) is 1. The van der Waals surface area contributed by atoms with Crippen molar-refractivity contribution in [3.63, 3.8) is 0 Å². The van der Waals surface area contributed by atoms with Crippen LogP contribution in [0.5, 0.6) is 0 Å². The highest BCUT2D eigenvalue weighted by atomic mass is 19.1. The minimum Gasteiger partial charge on any atom is -0.478 e. The zero-order valence-electron chi connectivity index (χ0n) is 19.7. The molecule has 0 atom stereocenters. The zero-order chi connectivity index (χ0) is 24.6. The first kappa shape index (κ1) is 24.3. The van der Waals surface area contributed by atoms with Crippen molar-refractivity contribution < 1.29 is 14.3 Å². The molecule has 0 saturated heterocycles. The molecule has 2 aromatic carbocycles. The van der Waals surface area contributed by atoms with E-state index in [1.807, 2.05) is 12.3 Å². The van der Waals surface area contributed by atoms with Gasteiger partial charge in [0.2, 0.25) is 0 Å². The molecule has 4 rings (SSSR count). The number of nitrogens with zero attached hydrogens (tertiary/aromatic N) is 3. The molecule has 2 heterocycles. The normalized spacial score (nSPS) is 11.0. The summed E-state index contributed by atoms with van der Waals surface area (Å²) in [5, 5.41) is 12.6. The van der Waals surface area contributed by atoms with Crippen LogP contribution in [-0.2, 0) is 32.5 Å². The Morgan fingerprint density at radius 3 is 2.51 bits per heavy atom. The fourth-order valence-electron chi connectivity index (χ4n) is 4.13. The number of rotatable bonds is 11. The van der Waals surface area contributed by atoms with Crippen molar-refractivity contribution in [1.29, 1.82) is 0 Å². The fourth-order valence-corrected chi connectivity index (χ4v) is 4.13. The summed E-state index contributed by atoms with van der Waals surface area (Å²) in [4.78, 5) is 20.4. The Morgan fingerprint density at radius 2 is 1.77 bits per heavy atom. The highest BCUT2D eigenvalue weighted by Crippen LogP contribution is 2.15. The lowest BCUT2D eigenvalue weighted by atomic mass is 10.1. The first-order chi connectivity index (χ1) is 17.0. The Kier molecular flexibility index (Phi) is 8.00. The maximum absolute atomic E-state index is 13.4. The van der Waals surface area contributed by atoms with E-state index in [4.69, 9.17) is 0 Å². The van der Waals surface area contributed by atoms with Crippen LogP contribution >= 0.6 is 0 Å². The van der Waals surface area contributed by atoms with Gasteiger partial charge in [-0.3, -0.25) is 4.98 Å². The molecular weight excluding hydrogens is 443 g/mol. The smallest absolute Gasteiger partial charge is 0.335 e. The van der Waals surface area contributed by atoms with Crippen molar-refractivity contribution in [1.82, 2.24) is 19.9 Å². The molecule has 4 aromatic rings. The SMILES string of the molecule is Cc1cc(C(=O)O)cc(CNCc2ncc(CCCc3ccccc3)n2Cc2ccc(F)cc2)n1. The van der Waals surface area contributed by atoms with Crippen LogP contribution in [0, 0.1) is 12.7 Å². The van der Waals surface area contributed by atoms with Crippen molar-refractivity contribution in [2.24, 2.45) is 0 Å². The molecule has 6 nitrogen and oxygen atoms in total. The topological polar surface area (TPSA) is 80.0 Å². The van der Waals surface area contributed by atoms with E-state index in [9.17, 15) is 14.3 Å². The molecule has 7 heteroatoms. The van der Waals surface area contributed by atoms with Gasteiger partial charge in [-0.1, -0.05) is 42.5 Å². The fraction of sp³-hybridized carbons (Fsp3) is 0.250. The van der Waals surface area contributed by atoms with Crippen LogP contribution in [-0.4, -0.2) is 25.6 Å². The van der Waals surface area contributed by atoms with E-state index in [-0.39, 0.29) is 11.4 Å². The van der Waals surface area contributed by atoms with Crippen LogP contribution in [0.2, 0.25) is 0 Å². The second-order valence-electron chi connectivity index (χ2n) is 8.61. The molecule has 0 radical (unpaired) electrons. The summed E-state index contributed by atoms with van der Waals surface area (Å²) in [6, 6.07) is 20.1. The maximum Gasteiger partial charge on any atom is 0.335 e. The second kappa shape index (κ2) is 11.5. The molecule has 2 N–H and O–H groups in total. The van der Waals surface area contributed by atoms with Gasteiger partial charge in [-0.2, -0.15) is 0 Å². The number of carboxylic acids is 1. The van der Waals surface area contributed by atoms with Gasteiger partial charge in [0.05, 0.1) is 17.8 Å². The number of imidazole rings is 1. The molecule has 0 aliphatic rings. The minimum absolute atomic E-state index is 0.229. The number of aromatic carboxylic acids is 1. The number of halogens is 1. The molecule has 0 aliphatic heterocycles. The molecular formula is C28H29FN4O2. The van der Waals surface area contributed by atoms with E-state index in [2.05, 4.69) is 44.1 Å². The Labute approximate surface area is 204 Å². The Morgan fingerprint density at radius 1 is 1.00 bits per heavy atom. The van der Waals surface area contributed by atoms with Gasteiger partial charge < -0.3 is 15.0 Å². The van der Waals surface area contributed by atoms with E-state index >= 15 is 0 Å². The van der Waals surface area contributed by atoms with Gasteiger partial charge in [0.1, 0.15) is 11.6 Å².